The number of aryl methyl sites for hydroxylation is 1. The van der Waals surface area contributed by atoms with Crippen LogP contribution >= 0.6 is 0 Å². The van der Waals surface area contributed by atoms with Gasteiger partial charge in [0.2, 0.25) is 5.95 Å². The summed E-state index contributed by atoms with van der Waals surface area (Å²) in [5, 5.41) is 0. The minimum Gasteiger partial charge on any atom is -0.340 e. The number of hydrogen-bond donors (Lipinski definition) is 1. The zero-order chi connectivity index (χ0) is 11.1. The fraction of sp³-hybridized carbons (Fsp3) is 0.636. The fourth-order valence-corrected chi connectivity index (χ4v) is 1.37. The van der Waals surface area contributed by atoms with Gasteiger partial charge in [-0.3, -0.25) is 0 Å². The maximum Gasteiger partial charge on any atom is 0.225 e. The molecule has 0 radical (unpaired) electrons. The van der Waals surface area contributed by atoms with Gasteiger partial charge in [0.15, 0.2) is 0 Å². The van der Waals surface area contributed by atoms with Gasteiger partial charge in [-0.15, -0.1) is 0 Å². The van der Waals surface area contributed by atoms with Crippen molar-refractivity contribution in [1.82, 2.24) is 9.97 Å². The molecule has 0 unspecified atom stereocenters. The topological polar surface area (TPSA) is 55.0 Å². The number of nitrogens with zero attached hydrogens (tertiary/aromatic N) is 3. The van der Waals surface area contributed by atoms with Crippen molar-refractivity contribution in [1.29, 1.82) is 0 Å². The van der Waals surface area contributed by atoms with Crippen LogP contribution in [0.4, 0.5) is 5.95 Å². The van der Waals surface area contributed by atoms with E-state index in [1.165, 1.54) is 6.42 Å². The highest BCUT2D eigenvalue weighted by atomic mass is 15.2. The van der Waals surface area contributed by atoms with Gasteiger partial charge in [-0.1, -0.05) is 13.3 Å². The molecule has 15 heavy (non-hydrogen) atoms. The van der Waals surface area contributed by atoms with Gasteiger partial charge < -0.3 is 10.6 Å². The van der Waals surface area contributed by atoms with E-state index in [1.807, 2.05) is 19.3 Å². The minimum absolute atomic E-state index is 0.640. The second kappa shape index (κ2) is 6.35. The molecule has 0 aliphatic heterocycles. The molecule has 0 bridgehead atoms. The van der Waals surface area contributed by atoms with Crippen LogP contribution in [0.3, 0.4) is 0 Å². The van der Waals surface area contributed by atoms with Crippen molar-refractivity contribution in [3.05, 3.63) is 18.0 Å². The van der Waals surface area contributed by atoms with Crippen molar-refractivity contribution in [3.8, 4) is 0 Å². The van der Waals surface area contributed by atoms with Crippen LogP contribution in [0.5, 0.6) is 0 Å². The van der Waals surface area contributed by atoms with E-state index in [-0.39, 0.29) is 0 Å². The molecule has 2 N–H and O–H groups in total. The monoisotopic (exact) mass is 208 g/mol. The molecular weight excluding hydrogens is 188 g/mol. The van der Waals surface area contributed by atoms with Crippen LogP contribution < -0.4 is 10.6 Å². The van der Waals surface area contributed by atoms with E-state index >= 15 is 0 Å². The molecule has 0 atom stereocenters. The van der Waals surface area contributed by atoms with Gasteiger partial charge in [0.25, 0.3) is 0 Å². The van der Waals surface area contributed by atoms with Crippen LogP contribution in [-0.2, 0) is 0 Å². The summed E-state index contributed by atoms with van der Waals surface area (Å²) in [5.74, 6) is 0.791. The van der Waals surface area contributed by atoms with Crippen LogP contribution in [0.2, 0.25) is 0 Å². The quantitative estimate of drug-likeness (QED) is 0.766. The molecule has 0 fully saturated rings. The Bertz CT molecular complexity index is 270. The average Bonchev–Trinajstić information content (AvgIpc) is 2.25. The highest BCUT2D eigenvalue weighted by Gasteiger charge is 2.06. The molecule has 0 spiro atoms. The lowest BCUT2D eigenvalue weighted by atomic mass is 10.3. The van der Waals surface area contributed by atoms with E-state index < -0.39 is 0 Å². The molecule has 0 aliphatic rings. The van der Waals surface area contributed by atoms with Crippen LogP contribution in [0, 0.1) is 6.92 Å². The van der Waals surface area contributed by atoms with E-state index in [0.717, 1.165) is 31.0 Å². The standard InChI is InChI=1S/C11H20N4/c1-3-4-6-15(7-5-12)11-13-8-10(2)9-14-11/h8-9H,3-7,12H2,1-2H3. The summed E-state index contributed by atoms with van der Waals surface area (Å²) >= 11 is 0. The predicted octanol–water partition coefficient (Wildman–Crippen LogP) is 1.35. The first-order chi connectivity index (χ1) is 7.27. The first kappa shape index (κ1) is 11.9. The summed E-state index contributed by atoms with van der Waals surface area (Å²) in [4.78, 5) is 10.8. The van der Waals surface area contributed by atoms with Crippen LogP contribution in [0.1, 0.15) is 25.3 Å². The van der Waals surface area contributed by atoms with Crippen molar-refractivity contribution in [2.45, 2.75) is 26.7 Å². The molecule has 0 amide bonds. The molecule has 4 heteroatoms. The predicted molar refractivity (Wildman–Crippen MR) is 62.9 cm³/mol. The van der Waals surface area contributed by atoms with Crippen molar-refractivity contribution in [2.24, 2.45) is 5.73 Å². The van der Waals surface area contributed by atoms with E-state index in [9.17, 15) is 0 Å². The van der Waals surface area contributed by atoms with Gasteiger partial charge in [0.05, 0.1) is 0 Å². The first-order valence-corrected chi connectivity index (χ1v) is 5.51. The second-order valence-electron chi connectivity index (χ2n) is 3.69. The molecular formula is C11H20N4. The summed E-state index contributed by atoms with van der Waals surface area (Å²) in [6.07, 6.45) is 6.01. The molecule has 0 aliphatic carbocycles. The van der Waals surface area contributed by atoms with Gasteiger partial charge in [-0.2, -0.15) is 0 Å². The van der Waals surface area contributed by atoms with Crippen LogP contribution in [-0.4, -0.2) is 29.6 Å². The third-order valence-corrected chi connectivity index (χ3v) is 2.23. The van der Waals surface area contributed by atoms with Crippen molar-refractivity contribution in [2.75, 3.05) is 24.5 Å². The fourth-order valence-electron chi connectivity index (χ4n) is 1.37. The van der Waals surface area contributed by atoms with Gasteiger partial charge in [0, 0.05) is 32.0 Å². The molecule has 1 aromatic heterocycles. The maximum atomic E-state index is 5.57. The summed E-state index contributed by atoms with van der Waals surface area (Å²) in [6, 6.07) is 0. The van der Waals surface area contributed by atoms with Crippen LogP contribution in [0.15, 0.2) is 12.4 Å². The molecule has 1 rings (SSSR count). The average molecular weight is 208 g/mol. The number of nitrogens with two attached hydrogens (primary N) is 1. The van der Waals surface area contributed by atoms with Gasteiger partial charge >= 0.3 is 0 Å². The third-order valence-electron chi connectivity index (χ3n) is 2.23. The van der Waals surface area contributed by atoms with E-state index in [1.54, 1.807) is 0 Å². The smallest absolute Gasteiger partial charge is 0.225 e. The van der Waals surface area contributed by atoms with Gasteiger partial charge in [-0.05, 0) is 18.9 Å². The number of anilines is 1. The highest BCUT2D eigenvalue weighted by Crippen LogP contribution is 2.07. The third kappa shape index (κ3) is 3.83. The zero-order valence-electron chi connectivity index (χ0n) is 9.61. The molecule has 0 saturated heterocycles. The Kier molecular flexibility index (Phi) is 5.04. The Morgan fingerprint density at radius 1 is 1.27 bits per heavy atom. The Morgan fingerprint density at radius 3 is 2.47 bits per heavy atom. The van der Waals surface area contributed by atoms with Crippen molar-refractivity contribution >= 4 is 5.95 Å². The SMILES string of the molecule is CCCCN(CCN)c1ncc(C)cn1. The lowest BCUT2D eigenvalue weighted by Crippen LogP contribution is -2.31. The maximum absolute atomic E-state index is 5.57. The number of hydrogen-bond acceptors (Lipinski definition) is 4. The van der Waals surface area contributed by atoms with Crippen molar-refractivity contribution < 1.29 is 0 Å². The van der Waals surface area contributed by atoms with Crippen molar-refractivity contribution in [3.63, 3.8) is 0 Å². The Labute approximate surface area is 91.5 Å². The largest absolute Gasteiger partial charge is 0.340 e. The number of aromatic nitrogens is 2. The summed E-state index contributed by atoms with van der Waals surface area (Å²) < 4.78 is 0. The molecule has 1 heterocycles. The van der Waals surface area contributed by atoms with E-state index in [0.29, 0.717) is 6.54 Å². The van der Waals surface area contributed by atoms with E-state index in [2.05, 4.69) is 21.8 Å². The number of unbranched alkanes of at least 4 members (excludes halogenated alkanes) is 1. The molecule has 4 nitrogen and oxygen atoms in total. The molecule has 1 aromatic rings. The van der Waals surface area contributed by atoms with Gasteiger partial charge in [0.1, 0.15) is 0 Å². The molecule has 84 valence electrons. The zero-order valence-corrected chi connectivity index (χ0v) is 9.61. The summed E-state index contributed by atoms with van der Waals surface area (Å²) in [6.45, 7) is 6.61. The minimum atomic E-state index is 0.640. The first-order valence-electron chi connectivity index (χ1n) is 5.51. The summed E-state index contributed by atoms with van der Waals surface area (Å²) in [7, 11) is 0. The number of rotatable bonds is 6. The van der Waals surface area contributed by atoms with Gasteiger partial charge in [-0.25, -0.2) is 9.97 Å². The lowest BCUT2D eigenvalue weighted by Gasteiger charge is -2.21. The van der Waals surface area contributed by atoms with Crippen LogP contribution in [0.25, 0.3) is 0 Å². The molecule has 0 saturated carbocycles. The summed E-state index contributed by atoms with van der Waals surface area (Å²) in [5.41, 5.74) is 6.66. The second-order valence-corrected chi connectivity index (χ2v) is 3.69. The Hall–Kier alpha value is -1.16. The highest BCUT2D eigenvalue weighted by molar-refractivity contribution is 5.29. The molecule has 0 aromatic carbocycles. The Balaban J connectivity index is 2.65. The lowest BCUT2D eigenvalue weighted by molar-refractivity contribution is 0.697. The normalized spacial score (nSPS) is 10.3. The van der Waals surface area contributed by atoms with E-state index in [4.69, 9.17) is 5.73 Å². The Morgan fingerprint density at radius 2 is 1.93 bits per heavy atom.